The van der Waals surface area contributed by atoms with Crippen molar-refractivity contribution >= 4 is 0 Å². The molecule has 0 radical (unpaired) electrons. The van der Waals surface area contributed by atoms with E-state index in [1.54, 1.807) is 0 Å². The molecule has 0 aromatic rings. The highest BCUT2D eigenvalue weighted by Gasteiger charge is 1.93. The van der Waals surface area contributed by atoms with E-state index in [9.17, 15) is 4.91 Å². The van der Waals surface area contributed by atoms with Gasteiger partial charge in [0, 0.05) is 17.9 Å². The minimum absolute atomic E-state index is 0. The molecule has 3 heteroatoms. The first kappa shape index (κ1) is 10.5. The van der Waals surface area contributed by atoms with Crippen LogP contribution in [0, 0.1) is 4.91 Å². The van der Waals surface area contributed by atoms with E-state index in [2.05, 4.69) is 0 Å². The number of nitroso groups, excluding NO2 is 1. The summed E-state index contributed by atoms with van der Waals surface area (Å²) >= 11 is 0. The van der Waals surface area contributed by atoms with Crippen molar-refractivity contribution in [3.05, 3.63) is 4.91 Å². The predicted octanol–water partition coefficient (Wildman–Crippen LogP) is 0.414. The molecule has 0 aliphatic heterocycles. The van der Waals surface area contributed by atoms with Crippen LogP contribution in [-0.4, -0.2) is 30.1 Å². The van der Waals surface area contributed by atoms with Gasteiger partial charge in [0.15, 0.2) is 13.6 Å². The molecule has 0 aliphatic carbocycles. The van der Waals surface area contributed by atoms with Crippen LogP contribution < -0.4 is 0 Å². The zero-order valence-corrected chi connectivity index (χ0v) is 4.42. The molecule has 0 saturated carbocycles. The molecule has 1 N–H and O–H groups in total. The number of rotatable bonds is 3. The lowest BCUT2D eigenvalue weighted by molar-refractivity contribution is -0.519. The molecular weight excluding hydrogens is 106 g/mol. The fourth-order valence-corrected chi connectivity index (χ4v) is 0.293. The number of aliphatic hydroxyl groups is 1. The minimum atomic E-state index is 0. The van der Waals surface area contributed by atoms with E-state index in [0.717, 1.165) is 4.76 Å². The van der Waals surface area contributed by atoms with Crippen LogP contribution in [0.1, 0.15) is 13.8 Å². The molecule has 0 bridgehead atoms. The summed E-state index contributed by atoms with van der Waals surface area (Å²) in [5.41, 5.74) is 0. The highest BCUT2D eigenvalue weighted by atomic mass is 16.3. The Balaban J connectivity index is 0. The van der Waals surface area contributed by atoms with Crippen LogP contribution in [0.4, 0.5) is 0 Å². The third-order valence-electron chi connectivity index (χ3n) is 0.631. The molecular formula is C5H14NO2+. The Morgan fingerprint density at radius 3 is 2.25 bits per heavy atom. The molecule has 0 saturated heterocycles. The number of aliphatic hydroxyl groups excluding tert-OH is 1. The standard InChI is InChI=1S/C4H10NO2.CH4/c1-5(7)3-2-4-6;/h6H,2-4H2,1H3;1H4/q+1;. The lowest BCUT2D eigenvalue weighted by atomic mass is 10.5. The Morgan fingerprint density at radius 1 is 1.62 bits per heavy atom. The van der Waals surface area contributed by atoms with Gasteiger partial charge >= 0.3 is 0 Å². The van der Waals surface area contributed by atoms with Gasteiger partial charge in [-0.3, -0.25) is 0 Å². The van der Waals surface area contributed by atoms with Gasteiger partial charge in [0.05, 0.1) is 0 Å². The van der Waals surface area contributed by atoms with Crippen LogP contribution in [0.25, 0.3) is 0 Å². The molecule has 0 unspecified atom stereocenters. The van der Waals surface area contributed by atoms with Crippen LogP contribution >= 0.6 is 0 Å². The first-order valence-electron chi connectivity index (χ1n) is 2.26. The quantitative estimate of drug-likeness (QED) is 0.548. The maximum Gasteiger partial charge on any atom is 0.193 e. The summed E-state index contributed by atoms with van der Waals surface area (Å²) < 4.78 is 0.802. The zero-order valence-electron chi connectivity index (χ0n) is 4.42. The highest BCUT2D eigenvalue weighted by molar-refractivity contribution is 4.24. The van der Waals surface area contributed by atoms with Gasteiger partial charge in [0.2, 0.25) is 0 Å². The Bertz CT molecular complexity index is 63.4. The van der Waals surface area contributed by atoms with Crippen molar-refractivity contribution < 1.29 is 9.87 Å². The second kappa shape index (κ2) is 6.56. The summed E-state index contributed by atoms with van der Waals surface area (Å²) in [7, 11) is 1.44. The second-order valence-electron chi connectivity index (χ2n) is 1.43. The topological polar surface area (TPSA) is 40.3 Å². The minimum Gasteiger partial charge on any atom is -0.396 e. The molecule has 3 nitrogen and oxygen atoms in total. The molecule has 0 amide bonds. The van der Waals surface area contributed by atoms with Gasteiger partial charge in [-0.05, 0) is 4.76 Å². The zero-order chi connectivity index (χ0) is 5.70. The largest absolute Gasteiger partial charge is 0.396 e. The molecule has 0 heterocycles. The summed E-state index contributed by atoms with van der Waals surface area (Å²) in [5, 5.41) is 8.15. The van der Waals surface area contributed by atoms with Crippen molar-refractivity contribution in [3.8, 4) is 0 Å². The summed E-state index contributed by atoms with van der Waals surface area (Å²) in [6.07, 6.45) is 0.569. The monoisotopic (exact) mass is 120 g/mol. The normalized spacial score (nSPS) is 7.75. The van der Waals surface area contributed by atoms with Crippen LogP contribution in [-0.2, 0) is 0 Å². The van der Waals surface area contributed by atoms with Crippen LogP contribution in [0.5, 0.6) is 0 Å². The van der Waals surface area contributed by atoms with Crippen molar-refractivity contribution in [1.29, 1.82) is 0 Å². The Labute approximate surface area is 49.9 Å². The van der Waals surface area contributed by atoms with Crippen LogP contribution in [0.15, 0.2) is 0 Å². The van der Waals surface area contributed by atoms with Crippen LogP contribution in [0.3, 0.4) is 0 Å². The SMILES string of the molecule is C.C[N+](=O)CCCO. The van der Waals surface area contributed by atoms with E-state index in [1.165, 1.54) is 7.05 Å². The Hall–Kier alpha value is -0.440. The highest BCUT2D eigenvalue weighted by Crippen LogP contribution is 1.73. The molecule has 0 atom stereocenters. The molecule has 0 aliphatic rings. The van der Waals surface area contributed by atoms with E-state index in [-0.39, 0.29) is 14.0 Å². The second-order valence-corrected chi connectivity index (χ2v) is 1.43. The van der Waals surface area contributed by atoms with E-state index >= 15 is 0 Å². The number of hydrogen-bond acceptors (Lipinski definition) is 2. The summed E-state index contributed by atoms with van der Waals surface area (Å²) in [6, 6.07) is 0. The van der Waals surface area contributed by atoms with E-state index in [4.69, 9.17) is 5.11 Å². The average Bonchev–Trinajstić information content (AvgIpc) is 1.61. The number of hydrogen-bond donors (Lipinski definition) is 1. The third kappa shape index (κ3) is 9.12. The van der Waals surface area contributed by atoms with Crippen molar-refractivity contribution in [2.45, 2.75) is 13.8 Å². The first-order chi connectivity index (χ1) is 3.27. The van der Waals surface area contributed by atoms with Crippen molar-refractivity contribution in [2.24, 2.45) is 0 Å². The van der Waals surface area contributed by atoms with Crippen molar-refractivity contribution in [2.75, 3.05) is 20.2 Å². The van der Waals surface area contributed by atoms with Gasteiger partial charge in [-0.2, -0.15) is 0 Å². The summed E-state index contributed by atoms with van der Waals surface area (Å²) in [4.78, 5) is 10.0. The van der Waals surface area contributed by atoms with Crippen LogP contribution in [0.2, 0.25) is 0 Å². The van der Waals surface area contributed by atoms with E-state index in [1.807, 2.05) is 0 Å². The maximum atomic E-state index is 10.0. The average molecular weight is 120 g/mol. The molecule has 8 heavy (non-hydrogen) atoms. The molecule has 0 spiro atoms. The lowest BCUT2D eigenvalue weighted by Gasteiger charge is -1.81. The molecule has 0 aromatic heterocycles. The van der Waals surface area contributed by atoms with Gasteiger partial charge in [0.1, 0.15) is 0 Å². The molecule has 0 rings (SSSR count). The molecule has 0 aromatic carbocycles. The number of nitrogens with zero attached hydrogens (tertiary/aromatic N) is 1. The summed E-state index contributed by atoms with van der Waals surface area (Å²) in [6.45, 7) is 0.531. The molecule has 50 valence electrons. The fraction of sp³-hybridized carbons (Fsp3) is 1.00. The predicted molar refractivity (Wildman–Crippen MR) is 32.9 cm³/mol. The smallest absolute Gasteiger partial charge is 0.193 e. The lowest BCUT2D eigenvalue weighted by Crippen LogP contribution is -2.03. The van der Waals surface area contributed by atoms with E-state index < -0.39 is 0 Å². The van der Waals surface area contributed by atoms with Gasteiger partial charge in [-0.15, -0.1) is 0 Å². The van der Waals surface area contributed by atoms with Gasteiger partial charge < -0.3 is 5.11 Å². The summed E-state index contributed by atoms with van der Waals surface area (Å²) in [5.74, 6) is 0. The van der Waals surface area contributed by atoms with Gasteiger partial charge in [-0.1, -0.05) is 7.43 Å². The Kier molecular flexibility index (Phi) is 8.63. The fourth-order valence-electron chi connectivity index (χ4n) is 0.293. The Morgan fingerprint density at radius 2 is 2.12 bits per heavy atom. The van der Waals surface area contributed by atoms with Gasteiger partial charge in [-0.25, -0.2) is 0 Å². The van der Waals surface area contributed by atoms with Gasteiger partial charge in [0.25, 0.3) is 0 Å². The molecule has 0 fully saturated rings. The van der Waals surface area contributed by atoms with Crippen molar-refractivity contribution in [3.63, 3.8) is 0 Å². The van der Waals surface area contributed by atoms with Crippen molar-refractivity contribution in [1.82, 2.24) is 0 Å². The third-order valence-corrected chi connectivity index (χ3v) is 0.631. The maximum absolute atomic E-state index is 10.0. The first-order valence-corrected chi connectivity index (χ1v) is 2.26. The van der Waals surface area contributed by atoms with E-state index in [0.29, 0.717) is 13.0 Å².